The number of aliphatic hydroxyl groups is 1. The van der Waals surface area contributed by atoms with Crippen LogP contribution in [0.2, 0.25) is 0 Å². The Morgan fingerprint density at radius 2 is 2.08 bits per heavy atom. The van der Waals surface area contributed by atoms with E-state index in [1.165, 1.54) is 22.7 Å². The minimum atomic E-state index is -1.73. The first-order valence-corrected chi connectivity index (χ1v) is 10.3. The van der Waals surface area contributed by atoms with E-state index < -0.39 is 11.6 Å². The smallest absolute Gasteiger partial charge is 0.348 e. The zero-order valence-electron chi connectivity index (χ0n) is 13.7. The van der Waals surface area contributed by atoms with Gasteiger partial charge < -0.3 is 14.6 Å². The second-order valence-electron chi connectivity index (χ2n) is 7.06. The van der Waals surface area contributed by atoms with Crippen LogP contribution in [0, 0.1) is 0 Å². The lowest BCUT2D eigenvalue weighted by molar-refractivity contribution is -0.172. The molecule has 3 fully saturated rings. The monoisotopic (exact) mass is 377 g/mol. The van der Waals surface area contributed by atoms with Crippen molar-refractivity contribution in [2.75, 3.05) is 7.05 Å². The fourth-order valence-corrected chi connectivity index (χ4v) is 5.88. The van der Waals surface area contributed by atoms with Gasteiger partial charge in [0.15, 0.2) is 0 Å². The number of nitrogens with zero attached hydrogens (tertiary/aromatic N) is 1. The van der Waals surface area contributed by atoms with E-state index in [0.717, 1.165) is 12.8 Å². The quantitative estimate of drug-likeness (QED) is 0.654. The molecule has 3 aliphatic rings. The Bertz CT molecular complexity index is 723. The molecule has 0 aromatic carbocycles. The third-order valence-electron chi connectivity index (χ3n) is 5.76. The summed E-state index contributed by atoms with van der Waals surface area (Å²) in [5, 5.41) is 16.8. The Labute approximate surface area is 153 Å². The van der Waals surface area contributed by atoms with Gasteiger partial charge in [0.1, 0.15) is 18.3 Å². The molecule has 0 aliphatic carbocycles. The van der Waals surface area contributed by atoms with Gasteiger partial charge >= 0.3 is 5.97 Å². The van der Waals surface area contributed by atoms with Crippen LogP contribution in [-0.2, 0) is 19.9 Å². The molecule has 2 unspecified atom stereocenters. The van der Waals surface area contributed by atoms with E-state index in [0.29, 0.717) is 34.7 Å². The molecule has 6 atom stereocenters. The lowest BCUT2D eigenvalue weighted by Crippen LogP contribution is -2.49. The molecule has 25 heavy (non-hydrogen) atoms. The summed E-state index contributed by atoms with van der Waals surface area (Å²) in [5.41, 5.74) is -1.15. The number of hydrogen-bond acceptors (Lipinski definition) is 7. The van der Waals surface area contributed by atoms with Gasteiger partial charge in [-0.25, -0.2) is 4.79 Å². The van der Waals surface area contributed by atoms with Gasteiger partial charge in [-0.1, -0.05) is 6.07 Å². The SMILES string of the molecule is CN1[C@@H]2CC(OC(=O)C(O)(c3ccsc3)c3cccs3)C[C@H]1[C@@H]1O[C@@H]12. The summed E-state index contributed by atoms with van der Waals surface area (Å²) in [6.45, 7) is 0. The molecule has 3 saturated heterocycles. The van der Waals surface area contributed by atoms with Gasteiger partial charge in [0.25, 0.3) is 0 Å². The van der Waals surface area contributed by atoms with Crippen molar-refractivity contribution in [1.29, 1.82) is 0 Å². The van der Waals surface area contributed by atoms with Crippen LogP contribution in [0.25, 0.3) is 0 Å². The van der Waals surface area contributed by atoms with E-state index in [-0.39, 0.29) is 6.10 Å². The van der Waals surface area contributed by atoms with Crippen molar-refractivity contribution in [3.05, 3.63) is 44.8 Å². The highest BCUT2D eigenvalue weighted by Crippen LogP contribution is 2.48. The third kappa shape index (κ3) is 2.34. The Kier molecular flexibility index (Phi) is 3.59. The van der Waals surface area contributed by atoms with Crippen molar-refractivity contribution in [2.24, 2.45) is 0 Å². The molecule has 0 spiro atoms. The number of piperidine rings is 1. The number of epoxide rings is 1. The predicted octanol–water partition coefficient (Wildman–Crippen LogP) is 2.20. The number of hydrogen-bond donors (Lipinski definition) is 1. The summed E-state index contributed by atoms with van der Waals surface area (Å²) in [6, 6.07) is 6.04. The van der Waals surface area contributed by atoms with Crippen LogP contribution in [0.15, 0.2) is 34.3 Å². The molecule has 5 heterocycles. The highest BCUT2D eigenvalue weighted by Gasteiger charge is 2.63. The van der Waals surface area contributed by atoms with E-state index in [9.17, 15) is 9.90 Å². The third-order valence-corrected chi connectivity index (χ3v) is 7.42. The van der Waals surface area contributed by atoms with Crippen LogP contribution < -0.4 is 0 Å². The van der Waals surface area contributed by atoms with Crippen molar-refractivity contribution in [3.63, 3.8) is 0 Å². The predicted molar refractivity (Wildman–Crippen MR) is 94.8 cm³/mol. The van der Waals surface area contributed by atoms with Gasteiger partial charge in [-0.3, -0.25) is 4.90 Å². The molecule has 0 saturated carbocycles. The van der Waals surface area contributed by atoms with Crippen molar-refractivity contribution < 1.29 is 19.4 Å². The van der Waals surface area contributed by atoms with Gasteiger partial charge in [0.2, 0.25) is 5.60 Å². The standard InChI is InChI=1S/C18H19NO4S2/c1-19-12-7-11(8-13(19)16-15(12)23-16)22-17(20)18(21,10-4-6-24-9-10)14-3-2-5-25-14/h2-6,9,11-13,15-16,21H,7-8H2,1H3/t11?,12-,13+,15-,16+,18?. The Balaban J connectivity index is 1.39. The van der Waals surface area contributed by atoms with E-state index in [1.54, 1.807) is 12.1 Å². The van der Waals surface area contributed by atoms with Gasteiger partial charge in [-0.2, -0.15) is 11.3 Å². The van der Waals surface area contributed by atoms with Gasteiger partial charge in [0, 0.05) is 30.5 Å². The van der Waals surface area contributed by atoms with E-state index in [1.807, 2.05) is 22.2 Å². The largest absolute Gasteiger partial charge is 0.460 e. The summed E-state index contributed by atoms with van der Waals surface area (Å²) >= 11 is 2.82. The molecular formula is C18H19NO4S2. The molecule has 7 heteroatoms. The van der Waals surface area contributed by atoms with Crippen molar-refractivity contribution in [3.8, 4) is 0 Å². The maximum Gasteiger partial charge on any atom is 0.348 e. The minimum Gasteiger partial charge on any atom is -0.460 e. The number of likely N-dealkylation sites (N-methyl/N-ethyl adjacent to an activating group) is 1. The second-order valence-corrected chi connectivity index (χ2v) is 8.79. The normalized spacial score (nSPS) is 35.8. The number of carbonyl (C=O) groups is 1. The molecule has 2 aromatic rings. The van der Waals surface area contributed by atoms with E-state index in [2.05, 4.69) is 11.9 Å². The first-order valence-electron chi connectivity index (χ1n) is 8.46. The average Bonchev–Trinajstić information content (AvgIpc) is 2.97. The molecular weight excluding hydrogens is 358 g/mol. The van der Waals surface area contributed by atoms with Gasteiger partial charge in [-0.05, 0) is 35.3 Å². The van der Waals surface area contributed by atoms with Crippen molar-refractivity contribution >= 4 is 28.6 Å². The number of morpholine rings is 1. The zero-order chi connectivity index (χ0) is 17.2. The van der Waals surface area contributed by atoms with Crippen LogP contribution >= 0.6 is 22.7 Å². The first-order chi connectivity index (χ1) is 12.1. The maximum absolute atomic E-state index is 13.0. The summed E-state index contributed by atoms with van der Waals surface area (Å²) in [4.78, 5) is 16.0. The van der Waals surface area contributed by atoms with E-state index >= 15 is 0 Å². The first kappa shape index (κ1) is 16.0. The fraction of sp³-hybridized carbons (Fsp3) is 0.500. The lowest BCUT2D eigenvalue weighted by atomic mass is 9.94. The number of thiophene rings is 2. The maximum atomic E-state index is 13.0. The molecule has 0 amide bonds. The van der Waals surface area contributed by atoms with Gasteiger partial charge in [0.05, 0.1) is 4.88 Å². The van der Waals surface area contributed by atoms with Gasteiger partial charge in [-0.15, -0.1) is 11.3 Å². The summed E-state index contributed by atoms with van der Waals surface area (Å²) in [6.07, 6.45) is 1.97. The summed E-state index contributed by atoms with van der Waals surface area (Å²) in [7, 11) is 2.12. The average molecular weight is 377 g/mol. The van der Waals surface area contributed by atoms with E-state index in [4.69, 9.17) is 9.47 Å². The van der Waals surface area contributed by atoms with Crippen LogP contribution in [0.5, 0.6) is 0 Å². The number of rotatable bonds is 4. The highest BCUT2D eigenvalue weighted by molar-refractivity contribution is 7.10. The molecule has 1 N–H and O–H groups in total. The molecule has 5 nitrogen and oxygen atoms in total. The Morgan fingerprint density at radius 3 is 2.68 bits per heavy atom. The summed E-state index contributed by atoms with van der Waals surface area (Å²) < 4.78 is 11.5. The summed E-state index contributed by atoms with van der Waals surface area (Å²) in [5.74, 6) is -0.572. The number of carbonyl (C=O) groups excluding carboxylic acids is 1. The number of ether oxygens (including phenoxy) is 2. The number of esters is 1. The van der Waals surface area contributed by atoms with Crippen LogP contribution in [-0.4, -0.2) is 53.4 Å². The van der Waals surface area contributed by atoms with Crippen molar-refractivity contribution in [1.82, 2.24) is 4.90 Å². The molecule has 5 rings (SSSR count). The topological polar surface area (TPSA) is 62.3 Å². The molecule has 0 radical (unpaired) electrons. The zero-order valence-corrected chi connectivity index (χ0v) is 15.3. The van der Waals surface area contributed by atoms with Crippen LogP contribution in [0.3, 0.4) is 0 Å². The molecule has 2 aromatic heterocycles. The number of fused-ring (bicyclic) bond motifs is 5. The highest BCUT2D eigenvalue weighted by atomic mass is 32.1. The lowest BCUT2D eigenvalue weighted by Gasteiger charge is -2.38. The Morgan fingerprint density at radius 1 is 1.32 bits per heavy atom. The van der Waals surface area contributed by atoms with Crippen LogP contribution in [0.4, 0.5) is 0 Å². The fourth-order valence-electron chi connectivity index (χ4n) is 4.35. The molecule has 2 bridgehead atoms. The second kappa shape index (κ2) is 5.62. The molecule has 132 valence electrons. The van der Waals surface area contributed by atoms with Crippen LogP contribution in [0.1, 0.15) is 23.3 Å². The Hall–Kier alpha value is -1.25. The van der Waals surface area contributed by atoms with Crippen molar-refractivity contribution in [2.45, 2.75) is 48.8 Å². The minimum absolute atomic E-state index is 0.166. The molecule has 3 aliphatic heterocycles.